The second-order valence-electron chi connectivity index (χ2n) is 8.10. The molecule has 0 bridgehead atoms. The summed E-state index contributed by atoms with van der Waals surface area (Å²) in [5.74, 6) is -0.315. The van der Waals surface area contributed by atoms with Crippen LogP contribution in [0.4, 0.5) is 4.79 Å². The van der Waals surface area contributed by atoms with Crippen LogP contribution in [0.1, 0.15) is 55.6 Å². The first-order chi connectivity index (χ1) is 13.7. The number of carboxylic acids is 1. The molecule has 8 nitrogen and oxygen atoms in total. The van der Waals surface area contributed by atoms with E-state index in [0.29, 0.717) is 37.4 Å². The number of likely N-dealkylation sites (tertiary alicyclic amines) is 1. The molecule has 0 unspecified atom stereocenters. The minimum Gasteiger partial charge on any atom is -0.497 e. The number of rotatable bonds is 4. The third-order valence-corrected chi connectivity index (χ3v) is 4.89. The molecule has 1 aromatic heterocycles. The second-order valence-corrected chi connectivity index (χ2v) is 8.10. The number of benzene rings is 1. The normalized spacial score (nSPS) is 15.2. The third kappa shape index (κ3) is 4.70. The molecule has 1 aliphatic heterocycles. The van der Waals surface area contributed by atoms with E-state index in [1.807, 2.05) is 45.0 Å². The topological polar surface area (TPSA) is 93.9 Å². The largest absolute Gasteiger partial charge is 0.497 e. The molecule has 1 aromatic carbocycles. The predicted octanol–water partition coefficient (Wildman–Crippen LogP) is 3.69. The van der Waals surface area contributed by atoms with Gasteiger partial charge in [-0.15, -0.1) is 0 Å². The molecule has 1 N–H and O–H groups in total. The SMILES string of the molecule is COc1ccc(-n2ncc(C(=O)O)c2C2CCN(C(=O)OC(C)(C)C)CC2)cc1. The van der Waals surface area contributed by atoms with Crippen molar-refractivity contribution in [2.24, 2.45) is 0 Å². The summed E-state index contributed by atoms with van der Waals surface area (Å²) in [4.78, 5) is 25.8. The first kappa shape index (κ1) is 20.7. The van der Waals surface area contributed by atoms with Gasteiger partial charge >= 0.3 is 12.1 Å². The molecule has 0 saturated carbocycles. The maximum absolute atomic E-state index is 12.3. The summed E-state index contributed by atoms with van der Waals surface area (Å²) in [6, 6.07) is 7.31. The van der Waals surface area contributed by atoms with Gasteiger partial charge in [0.25, 0.3) is 0 Å². The lowest BCUT2D eigenvalue weighted by atomic mass is 9.91. The third-order valence-electron chi connectivity index (χ3n) is 4.89. The fraction of sp³-hybridized carbons (Fsp3) is 0.476. The summed E-state index contributed by atoms with van der Waals surface area (Å²) in [5.41, 5.74) is 1.07. The van der Waals surface area contributed by atoms with Gasteiger partial charge in [0.2, 0.25) is 0 Å². The van der Waals surface area contributed by atoms with Crippen LogP contribution < -0.4 is 4.74 Å². The Bertz CT molecular complexity index is 875. The average Bonchev–Trinajstić information content (AvgIpc) is 3.12. The fourth-order valence-corrected chi connectivity index (χ4v) is 3.51. The molecule has 29 heavy (non-hydrogen) atoms. The number of nitrogens with zero attached hydrogens (tertiary/aromatic N) is 3. The Hall–Kier alpha value is -3.03. The number of methoxy groups -OCH3 is 1. The van der Waals surface area contributed by atoms with Crippen LogP contribution >= 0.6 is 0 Å². The molecule has 8 heteroatoms. The zero-order valence-electron chi connectivity index (χ0n) is 17.2. The average molecular weight is 401 g/mol. The van der Waals surface area contributed by atoms with Crippen LogP contribution in [-0.4, -0.2) is 57.6 Å². The minimum atomic E-state index is -1.01. The smallest absolute Gasteiger partial charge is 0.410 e. The van der Waals surface area contributed by atoms with Crippen molar-refractivity contribution < 1.29 is 24.2 Å². The van der Waals surface area contributed by atoms with Crippen molar-refractivity contribution in [3.8, 4) is 11.4 Å². The van der Waals surface area contributed by atoms with Crippen LogP contribution in [0.2, 0.25) is 0 Å². The van der Waals surface area contributed by atoms with Gasteiger partial charge in [-0.3, -0.25) is 0 Å². The second kappa shape index (κ2) is 8.14. The van der Waals surface area contributed by atoms with Crippen LogP contribution in [0.3, 0.4) is 0 Å². The molecular formula is C21H27N3O5. The molecule has 0 radical (unpaired) electrons. The Morgan fingerprint density at radius 3 is 2.28 bits per heavy atom. The van der Waals surface area contributed by atoms with E-state index in [9.17, 15) is 14.7 Å². The highest BCUT2D eigenvalue weighted by atomic mass is 16.6. The molecular weight excluding hydrogens is 374 g/mol. The highest BCUT2D eigenvalue weighted by Crippen LogP contribution is 2.33. The maximum Gasteiger partial charge on any atom is 0.410 e. The molecule has 2 heterocycles. The first-order valence-corrected chi connectivity index (χ1v) is 9.63. The van der Waals surface area contributed by atoms with Gasteiger partial charge in [0.15, 0.2) is 0 Å². The van der Waals surface area contributed by atoms with Crippen LogP contribution in [0.15, 0.2) is 30.5 Å². The molecule has 1 fully saturated rings. The summed E-state index contributed by atoms with van der Waals surface area (Å²) in [5, 5.41) is 14.0. The molecule has 0 aliphatic carbocycles. The van der Waals surface area contributed by atoms with Crippen molar-refractivity contribution in [3.63, 3.8) is 0 Å². The summed E-state index contributed by atoms with van der Waals surface area (Å²) in [7, 11) is 1.59. The monoisotopic (exact) mass is 401 g/mol. The Labute approximate surface area is 170 Å². The van der Waals surface area contributed by atoms with E-state index >= 15 is 0 Å². The van der Waals surface area contributed by atoms with E-state index in [2.05, 4.69) is 5.10 Å². The zero-order chi connectivity index (χ0) is 21.2. The number of carbonyl (C=O) groups excluding carboxylic acids is 1. The van der Waals surface area contributed by atoms with Crippen molar-refractivity contribution in [2.75, 3.05) is 20.2 Å². The molecule has 0 atom stereocenters. The quantitative estimate of drug-likeness (QED) is 0.840. The molecule has 2 aromatic rings. The highest BCUT2D eigenvalue weighted by Gasteiger charge is 2.32. The number of ether oxygens (including phenoxy) is 2. The van der Waals surface area contributed by atoms with Gasteiger partial charge in [-0.05, 0) is 57.9 Å². The van der Waals surface area contributed by atoms with E-state index in [4.69, 9.17) is 9.47 Å². The number of hydrogen-bond acceptors (Lipinski definition) is 5. The van der Waals surface area contributed by atoms with Crippen molar-refractivity contribution >= 4 is 12.1 Å². The van der Waals surface area contributed by atoms with Crippen LogP contribution in [0, 0.1) is 0 Å². The van der Waals surface area contributed by atoms with Gasteiger partial charge in [-0.25, -0.2) is 14.3 Å². The minimum absolute atomic E-state index is 0.0237. The van der Waals surface area contributed by atoms with Crippen LogP contribution in [0.5, 0.6) is 5.75 Å². The summed E-state index contributed by atoms with van der Waals surface area (Å²) in [6.07, 6.45) is 2.34. The number of hydrogen-bond donors (Lipinski definition) is 1. The van der Waals surface area contributed by atoms with E-state index in [0.717, 1.165) is 5.69 Å². The van der Waals surface area contributed by atoms with E-state index in [1.165, 1.54) is 6.20 Å². The molecule has 1 saturated heterocycles. The number of piperidine rings is 1. The molecule has 3 rings (SSSR count). The Morgan fingerprint density at radius 1 is 1.14 bits per heavy atom. The molecule has 1 amide bonds. The highest BCUT2D eigenvalue weighted by molar-refractivity contribution is 5.89. The number of aromatic nitrogens is 2. The molecule has 1 aliphatic rings. The van der Waals surface area contributed by atoms with Crippen LogP contribution in [-0.2, 0) is 4.74 Å². The predicted molar refractivity (Wildman–Crippen MR) is 107 cm³/mol. The van der Waals surface area contributed by atoms with Gasteiger partial charge < -0.3 is 19.5 Å². The molecule has 0 spiro atoms. The number of carboxylic acid groups (broad SMARTS) is 1. The Balaban J connectivity index is 1.82. The van der Waals surface area contributed by atoms with Gasteiger partial charge in [0.05, 0.1) is 24.7 Å². The Morgan fingerprint density at radius 2 is 1.76 bits per heavy atom. The standard InChI is InChI=1S/C21H27N3O5/c1-21(2,3)29-20(27)23-11-9-14(10-12-23)18-17(19(25)26)13-22-24(18)15-5-7-16(28-4)8-6-15/h5-8,13-14H,9-12H2,1-4H3,(H,25,26). The number of carbonyl (C=O) groups is 2. The first-order valence-electron chi connectivity index (χ1n) is 9.63. The summed E-state index contributed by atoms with van der Waals surface area (Å²) >= 11 is 0. The van der Waals surface area contributed by atoms with Crippen molar-refractivity contribution in [1.29, 1.82) is 0 Å². The van der Waals surface area contributed by atoms with Crippen molar-refractivity contribution in [1.82, 2.24) is 14.7 Å². The summed E-state index contributed by atoms with van der Waals surface area (Å²) < 4.78 is 12.3. The lowest BCUT2D eigenvalue weighted by molar-refractivity contribution is 0.0202. The van der Waals surface area contributed by atoms with Gasteiger partial charge in [-0.1, -0.05) is 0 Å². The van der Waals surface area contributed by atoms with Gasteiger partial charge in [0.1, 0.15) is 16.9 Å². The van der Waals surface area contributed by atoms with Gasteiger partial charge in [0, 0.05) is 19.0 Å². The Kier molecular flexibility index (Phi) is 5.81. The molecule has 156 valence electrons. The van der Waals surface area contributed by atoms with Gasteiger partial charge in [-0.2, -0.15) is 5.10 Å². The van der Waals surface area contributed by atoms with E-state index < -0.39 is 11.6 Å². The van der Waals surface area contributed by atoms with Crippen LogP contribution in [0.25, 0.3) is 5.69 Å². The van der Waals surface area contributed by atoms with E-state index in [-0.39, 0.29) is 17.6 Å². The number of aromatic carboxylic acids is 1. The zero-order valence-corrected chi connectivity index (χ0v) is 17.2. The van der Waals surface area contributed by atoms with Crippen molar-refractivity contribution in [2.45, 2.75) is 45.1 Å². The maximum atomic E-state index is 12.3. The van der Waals surface area contributed by atoms with Crippen molar-refractivity contribution in [3.05, 3.63) is 41.7 Å². The lowest BCUT2D eigenvalue weighted by Gasteiger charge is -2.33. The number of amides is 1. The summed E-state index contributed by atoms with van der Waals surface area (Å²) in [6.45, 7) is 6.53. The lowest BCUT2D eigenvalue weighted by Crippen LogP contribution is -2.41. The fourth-order valence-electron chi connectivity index (χ4n) is 3.51. The van der Waals surface area contributed by atoms with E-state index in [1.54, 1.807) is 16.7 Å².